The molecule has 238 valence electrons. The maximum absolute atomic E-state index is 14.8. The highest BCUT2D eigenvalue weighted by Gasteiger charge is 2.60. The third-order valence-electron chi connectivity index (χ3n) is 8.79. The molecule has 3 amide bonds. The van der Waals surface area contributed by atoms with E-state index < -0.39 is 28.8 Å². The maximum Gasteiger partial charge on any atom is 0.416 e. The minimum atomic E-state index is -4.61. The van der Waals surface area contributed by atoms with Crippen LogP contribution in [0.2, 0.25) is 10.0 Å². The van der Waals surface area contributed by atoms with Gasteiger partial charge in [-0.1, -0.05) is 47.5 Å². The summed E-state index contributed by atoms with van der Waals surface area (Å²) in [6.07, 6.45) is -4.61. The minimum absolute atomic E-state index is 0.0518. The van der Waals surface area contributed by atoms with Gasteiger partial charge in [-0.25, -0.2) is 4.79 Å². The molecule has 12 heteroatoms. The van der Waals surface area contributed by atoms with Crippen molar-refractivity contribution in [2.24, 2.45) is 4.99 Å². The van der Waals surface area contributed by atoms with Gasteiger partial charge in [-0.15, -0.1) is 0 Å². The molecule has 0 radical (unpaired) electrons. The van der Waals surface area contributed by atoms with Crippen LogP contribution in [0.25, 0.3) is 0 Å². The Morgan fingerprint density at radius 1 is 0.867 bits per heavy atom. The quantitative estimate of drug-likeness (QED) is 0.283. The fourth-order valence-electron chi connectivity index (χ4n) is 6.08. The summed E-state index contributed by atoms with van der Waals surface area (Å²) >= 11 is 12.5. The lowest BCUT2D eigenvalue weighted by molar-refractivity contribution is -0.137. The molecule has 1 fully saturated rings. The largest absolute Gasteiger partial charge is 0.493 e. The van der Waals surface area contributed by atoms with Crippen LogP contribution in [-0.4, -0.2) is 65.3 Å². The molecule has 1 saturated heterocycles. The molecule has 2 aliphatic rings. The Kier molecular flexibility index (Phi) is 8.85. The number of piperazine rings is 1. The van der Waals surface area contributed by atoms with Crippen molar-refractivity contribution in [3.63, 3.8) is 0 Å². The van der Waals surface area contributed by atoms with Crippen molar-refractivity contribution in [3.05, 3.63) is 99.0 Å². The van der Waals surface area contributed by atoms with Crippen molar-refractivity contribution in [3.8, 4) is 5.75 Å². The number of hydrogen-bond donors (Lipinski definition) is 0. The van der Waals surface area contributed by atoms with Gasteiger partial charge >= 0.3 is 12.2 Å². The predicted octanol–water partition coefficient (Wildman–Crippen LogP) is 7.59. The summed E-state index contributed by atoms with van der Waals surface area (Å²) in [6.45, 7) is 8.24. The van der Waals surface area contributed by atoms with Gasteiger partial charge in [0, 0.05) is 43.1 Å². The van der Waals surface area contributed by atoms with Gasteiger partial charge in [-0.05, 0) is 74.4 Å². The Hall–Kier alpha value is -3.76. The molecule has 0 aromatic heterocycles. The average Bonchev–Trinajstić information content (AvgIpc) is 3.25. The second-order valence-corrected chi connectivity index (χ2v) is 12.2. The van der Waals surface area contributed by atoms with Gasteiger partial charge in [0.05, 0.1) is 17.7 Å². The average molecular weight is 662 g/mol. The Morgan fingerprint density at radius 2 is 1.40 bits per heavy atom. The molecule has 3 aromatic rings. The van der Waals surface area contributed by atoms with Crippen LogP contribution in [0, 0.1) is 0 Å². The summed E-state index contributed by atoms with van der Waals surface area (Å²) in [5.41, 5.74) is -1.61. The molecule has 3 aromatic carbocycles. The highest BCUT2D eigenvalue weighted by atomic mass is 35.5. The predicted molar refractivity (Wildman–Crippen MR) is 168 cm³/mol. The normalized spacial score (nSPS) is 22.0. The smallest absolute Gasteiger partial charge is 0.416 e. The molecule has 7 nitrogen and oxygen atoms in total. The first-order chi connectivity index (χ1) is 21.2. The van der Waals surface area contributed by atoms with Crippen LogP contribution in [0.3, 0.4) is 0 Å². The molecule has 0 bridgehead atoms. The van der Waals surface area contributed by atoms with E-state index in [0.717, 1.165) is 17.7 Å². The second kappa shape index (κ2) is 12.2. The number of amidine groups is 1. The first kappa shape index (κ1) is 32.6. The molecule has 2 heterocycles. The lowest BCUT2D eigenvalue weighted by Crippen LogP contribution is -2.61. The summed E-state index contributed by atoms with van der Waals surface area (Å²) in [4.78, 5) is 36.9. The number of nitrogens with zero attached hydrogens (tertiary/aromatic N) is 4. The molecule has 45 heavy (non-hydrogen) atoms. The number of rotatable bonds is 5. The zero-order valence-corrected chi connectivity index (χ0v) is 26.8. The first-order valence-corrected chi connectivity index (χ1v) is 15.3. The number of halogens is 5. The molecule has 2 aliphatic heterocycles. The van der Waals surface area contributed by atoms with Crippen LogP contribution in [0.1, 0.15) is 49.9 Å². The van der Waals surface area contributed by atoms with Crippen LogP contribution in [-0.2, 0) is 22.0 Å². The Morgan fingerprint density at radius 3 is 1.91 bits per heavy atom. The van der Waals surface area contributed by atoms with Gasteiger partial charge < -0.3 is 14.5 Å². The summed E-state index contributed by atoms with van der Waals surface area (Å²) in [7, 11) is 0. The fourth-order valence-corrected chi connectivity index (χ4v) is 6.33. The van der Waals surface area contributed by atoms with Gasteiger partial charge in [-0.2, -0.15) is 13.2 Å². The number of hydrogen-bond acceptors (Lipinski definition) is 4. The van der Waals surface area contributed by atoms with Crippen LogP contribution in [0.5, 0.6) is 5.75 Å². The van der Waals surface area contributed by atoms with Gasteiger partial charge in [0.2, 0.25) is 5.91 Å². The molecule has 5 rings (SSSR count). The molecule has 0 N–H and O–H groups in total. The number of aliphatic imine (C=N–C) groups is 1. The van der Waals surface area contributed by atoms with Crippen molar-refractivity contribution in [2.75, 3.05) is 32.8 Å². The van der Waals surface area contributed by atoms with E-state index in [-0.39, 0.29) is 42.8 Å². The van der Waals surface area contributed by atoms with E-state index in [1.807, 2.05) is 38.1 Å². The number of amides is 3. The van der Waals surface area contributed by atoms with Crippen molar-refractivity contribution in [1.82, 2.24) is 14.7 Å². The van der Waals surface area contributed by atoms with E-state index in [0.29, 0.717) is 28.7 Å². The number of carbonyl (C=O) groups excluding carboxylic acids is 2. The van der Waals surface area contributed by atoms with Crippen LogP contribution >= 0.6 is 23.2 Å². The van der Waals surface area contributed by atoms with Gasteiger partial charge in [-0.3, -0.25) is 14.7 Å². The molecule has 0 spiro atoms. The van der Waals surface area contributed by atoms with E-state index in [9.17, 15) is 22.8 Å². The Balaban J connectivity index is 1.76. The molecular weight excluding hydrogens is 628 g/mol. The lowest BCUT2D eigenvalue weighted by atomic mass is 9.71. The Labute approximate surface area is 270 Å². The highest BCUT2D eigenvalue weighted by Crippen LogP contribution is 2.54. The minimum Gasteiger partial charge on any atom is -0.493 e. The van der Waals surface area contributed by atoms with Gasteiger partial charge in [0.1, 0.15) is 22.7 Å². The summed E-state index contributed by atoms with van der Waals surface area (Å²) in [5, 5.41) is 1.00. The van der Waals surface area contributed by atoms with E-state index in [1.54, 1.807) is 45.9 Å². The monoisotopic (exact) mass is 660 g/mol. The Bertz CT molecular complexity index is 1620. The van der Waals surface area contributed by atoms with E-state index in [2.05, 4.69) is 0 Å². The van der Waals surface area contributed by atoms with Gasteiger partial charge in [0.15, 0.2) is 0 Å². The molecule has 2 atom stereocenters. The standard InChI is InChI=1S/C33H33Cl2F3N4O3/c1-5-45-28-20-24(33(36,37)38)10-15-27(28)29-39-31(3,22-6-11-25(34)12-7-22)32(4,23-8-13-26(35)14-9-23)42(29)30(44)41-18-16-40(17-19-41)21(2)43/h6-15,20H,5,16-19H2,1-4H3/t31-,32-/m0/s1. The van der Waals surface area contributed by atoms with Crippen LogP contribution in [0.4, 0.5) is 18.0 Å². The van der Waals surface area contributed by atoms with Crippen molar-refractivity contribution < 1.29 is 27.5 Å². The molecule has 0 aliphatic carbocycles. The molecular formula is C33H33Cl2F3N4O3. The second-order valence-electron chi connectivity index (χ2n) is 11.3. The lowest BCUT2D eigenvalue weighted by Gasteiger charge is -2.47. The van der Waals surface area contributed by atoms with Crippen molar-refractivity contribution in [1.29, 1.82) is 0 Å². The summed E-state index contributed by atoms with van der Waals surface area (Å²) < 4.78 is 47.2. The van der Waals surface area contributed by atoms with E-state index in [1.165, 1.54) is 13.0 Å². The number of ether oxygens (including phenoxy) is 1. The zero-order valence-electron chi connectivity index (χ0n) is 25.3. The molecule has 0 saturated carbocycles. The first-order valence-electron chi connectivity index (χ1n) is 14.5. The number of urea groups is 1. The van der Waals surface area contributed by atoms with Gasteiger partial charge in [0.25, 0.3) is 0 Å². The number of alkyl halides is 3. The SMILES string of the molecule is CCOc1cc(C(F)(F)F)ccc1C1=N[C@@](C)(c2ccc(Cl)cc2)[C@](C)(c2ccc(Cl)cc2)N1C(=O)N1CCN(C(C)=O)CC1. The third kappa shape index (κ3) is 5.86. The van der Waals surface area contributed by atoms with Crippen LogP contribution < -0.4 is 4.74 Å². The van der Waals surface area contributed by atoms with Crippen molar-refractivity contribution in [2.45, 2.75) is 44.9 Å². The van der Waals surface area contributed by atoms with E-state index in [4.69, 9.17) is 32.9 Å². The number of carbonyl (C=O) groups is 2. The fraction of sp³-hybridized carbons (Fsp3) is 0.364. The summed E-state index contributed by atoms with van der Waals surface area (Å²) in [6, 6.07) is 17.0. The highest BCUT2D eigenvalue weighted by molar-refractivity contribution is 6.30. The molecule has 0 unspecified atom stereocenters. The number of benzene rings is 3. The zero-order chi connectivity index (χ0) is 32.7. The topological polar surface area (TPSA) is 65.5 Å². The van der Waals surface area contributed by atoms with Crippen LogP contribution in [0.15, 0.2) is 71.7 Å². The maximum atomic E-state index is 14.8. The van der Waals surface area contributed by atoms with E-state index >= 15 is 0 Å². The summed E-state index contributed by atoms with van der Waals surface area (Å²) in [5.74, 6) is 0.0168. The van der Waals surface area contributed by atoms with Crippen molar-refractivity contribution >= 4 is 41.0 Å². The third-order valence-corrected chi connectivity index (χ3v) is 9.29.